The summed E-state index contributed by atoms with van der Waals surface area (Å²) < 4.78 is 0.926. The average Bonchev–Trinajstić information content (AvgIpc) is 1.86. The van der Waals surface area contributed by atoms with Gasteiger partial charge in [0, 0.05) is 0 Å². The van der Waals surface area contributed by atoms with Crippen molar-refractivity contribution in [2.45, 2.75) is 26.2 Å². The topological polar surface area (TPSA) is 24.1 Å². The van der Waals surface area contributed by atoms with E-state index in [4.69, 9.17) is 5.21 Å². The summed E-state index contributed by atoms with van der Waals surface area (Å²) in [5.41, 5.74) is 1.30. The number of pyridine rings is 1. The molecule has 60 valence electrons. The van der Waals surface area contributed by atoms with Crippen LogP contribution in [0.1, 0.15) is 26.3 Å². The predicted octanol–water partition coefficient (Wildman–Crippen LogP) is 1.31. The van der Waals surface area contributed by atoms with E-state index in [-0.39, 0.29) is 5.41 Å². The van der Waals surface area contributed by atoms with Crippen LogP contribution in [0.15, 0.2) is 18.3 Å². The molecule has 1 aromatic heterocycles. The molecule has 0 fully saturated rings. The van der Waals surface area contributed by atoms with Crippen LogP contribution in [0.2, 0.25) is 0 Å². The van der Waals surface area contributed by atoms with Crippen molar-refractivity contribution < 1.29 is 9.94 Å². The highest BCUT2D eigenvalue weighted by atomic mass is 16.5. The molecule has 0 saturated heterocycles. The first-order valence-electron chi connectivity index (χ1n) is 3.63. The van der Waals surface area contributed by atoms with Gasteiger partial charge in [-0.2, -0.15) is 0 Å². The fourth-order valence-corrected chi connectivity index (χ4v) is 0.844. The lowest BCUT2D eigenvalue weighted by Gasteiger charge is -2.22. The van der Waals surface area contributed by atoms with Crippen molar-refractivity contribution in [2.24, 2.45) is 0 Å². The van der Waals surface area contributed by atoms with Crippen molar-refractivity contribution in [3.8, 4) is 0 Å². The van der Waals surface area contributed by atoms with Crippen molar-refractivity contribution in [2.75, 3.05) is 0 Å². The van der Waals surface area contributed by atoms with Gasteiger partial charge in [-0.15, -0.1) is 16.4 Å². The standard InChI is InChI=1S/C9H13NO/c1-9(2,3)8-4-6-10(11)7-5-8/h4-6,11H,1-3H3. The molecule has 0 saturated carbocycles. The third kappa shape index (κ3) is 1.93. The van der Waals surface area contributed by atoms with Gasteiger partial charge >= 0.3 is 0 Å². The monoisotopic (exact) mass is 151 g/mol. The van der Waals surface area contributed by atoms with Crippen LogP contribution in [0, 0.1) is 6.20 Å². The van der Waals surface area contributed by atoms with Gasteiger partial charge < -0.3 is 5.21 Å². The maximum absolute atomic E-state index is 8.88. The Morgan fingerprint density at radius 3 is 2.45 bits per heavy atom. The zero-order valence-electron chi connectivity index (χ0n) is 7.13. The molecule has 1 aromatic rings. The molecule has 2 nitrogen and oxygen atoms in total. The van der Waals surface area contributed by atoms with Crippen molar-refractivity contribution >= 4 is 0 Å². The summed E-state index contributed by atoms with van der Waals surface area (Å²) in [5, 5.41) is 8.88. The lowest BCUT2D eigenvalue weighted by atomic mass is 9.88. The Hall–Kier alpha value is -1.05. The van der Waals surface area contributed by atoms with Crippen LogP contribution in [-0.2, 0) is 5.41 Å². The zero-order valence-corrected chi connectivity index (χ0v) is 7.13. The van der Waals surface area contributed by atoms with Gasteiger partial charge in [0.05, 0.1) is 0 Å². The zero-order chi connectivity index (χ0) is 8.48. The number of nitrogens with zero attached hydrogens (tertiary/aromatic N) is 1. The van der Waals surface area contributed by atoms with E-state index in [1.54, 1.807) is 12.3 Å². The van der Waals surface area contributed by atoms with Crippen LogP contribution in [0.5, 0.6) is 0 Å². The molecule has 0 aliphatic carbocycles. The van der Waals surface area contributed by atoms with E-state index >= 15 is 0 Å². The molecule has 0 bridgehead atoms. The van der Waals surface area contributed by atoms with Gasteiger partial charge in [0.25, 0.3) is 0 Å². The maximum atomic E-state index is 8.88. The Labute approximate surface area is 67.1 Å². The van der Waals surface area contributed by atoms with Crippen molar-refractivity contribution in [3.63, 3.8) is 0 Å². The number of aromatic nitrogens is 1. The molecule has 0 aliphatic rings. The minimum Gasteiger partial charge on any atom is -0.309 e. The van der Waals surface area contributed by atoms with E-state index in [0.717, 1.165) is 4.73 Å². The van der Waals surface area contributed by atoms with E-state index in [2.05, 4.69) is 27.0 Å². The van der Waals surface area contributed by atoms with Gasteiger partial charge in [-0.1, -0.05) is 32.3 Å². The minimum absolute atomic E-state index is 0.130. The third-order valence-corrected chi connectivity index (χ3v) is 1.61. The first-order valence-corrected chi connectivity index (χ1v) is 3.63. The number of hydrogen-bond donors (Lipinski definition) is 1. The van der Waals surface area contributed by atoms with Gasteiger partial charge in [0.15, 0.2) is 6.20 Å². The maximum Gasteiger partial charge on any atom is 0.169 e. The molecule has 1 N–H and O–H groups in total. The van der Waals surface area contributed by atoms with Crippen LogP contribution < -0.4 is 4.73 Å². The van der Waals surface area contributed by atoms with E-state index in [1.807, 2.05) is 6.07 Å². The number of hydrogen-bond acceptors (Lipinski definition) is 1. The van der Waals surface area contributed by atoms with E-state index in [9.17, 15) is 0 Å². The molecule has 1 rings (SSSR count). The molecule has 0 radical (unpaired) electrons. The van der Waals surface area contributed by atoms with Crippen LogP contribution in [0.3, 0.4) is 0 Å². The first kappa shape index (κ1) is 8.05. The van der Waals surface area contributed by atoms with E-state index in [0.29, 0.717) is 0 Å². The summed E-state index contributed by atoms with van der Waals surface area (Å²) in [6, 6.07) is 3.68. The second-order valence-corrected chi connectivity index (χ2v) is 3.64. The Kier molecular flexibility index (Phi) is 1.85. The highest BCUT2D eigenvalue weighted by Gasteiger charge is 2.08. The van der Waals surface area contributed by atoms with Gasteiger partial charge in [-0.3, -0.25) is 0 Å². The highest BCUT2D eigenvalue weighted by molar-refractivity contribution is 5.16. The smallest absolute Gasteiger partial charge is 0.169 e. The normalized spacial score (nSPS) is 11.5. The molecule has 11 heavy (non-hydrogen) atoms. The molecule has 0 aliphatic heterocycles. The second-order valence-electron chi connectivity index (χ2n) is 3.64. The average molecular weight is 151 g/mol. The molecule has 0 aromatic carbocycles. The van der Waals surface area contributed by atoms with Crippen LogP contribution in [0.25, 0.3) is 0 Å². The Morgan fingerprint density at radius 1 is 1.45 bits per heavy atom. The van der Waals surface area contributed by atoms with Crippen molar-refractivity contribution in [1.82, 2.24) is 0 Å². The third-order valence-electron chi connectivity index (χ3n) is 1.61. The molecule has 0 unspecified atom stereocenters. The van der Waals surface area contributed by atoms with Gasteiger partial charge in [0.2, 0.25) is 0 Å². The quantitative estimate of drug-likeness (QED) is 0.337. The second kappa shape index (κ2) is 2.53. The Morgan fingerprint density at radius 2 is 2.09 bits per heavy atom. The first-order chi connectivity index (χ1) is 5.00. The fourth-order valence-electron chi connectivity index (χ4n) is 0.844. The van der Waals surface area contributed by atoms with Crippen LogP contribution in [0.4, 0.5) is 0 Å². The van der Waals surface area contributed by atoms with Crippen LogP contribution >= 0.6 is 0 Å². The highest BCUT2D eigenvalue weighted by Crippen LogP contribution is 2.19. The summed E-state index contributed by atoms with van der Waals surface area (Å²) in [5.74, 6) is 0. The predicted molar refractivity (Wildman–Crippen MR) is 41.4 cm³/mol. The fraction of sp³-hybridized carbons (Fsp3) is 0.444. The van der Waals surface area contributed by atoms with Gasteiger partial charge in [-0.25, -0.2) is 0 Å². The largest absolute Gasteiger partial charge is 0.309 e. The van der Waals surface area contributed by atoms with Crippen molar-refractivity contribution in [3.05, 3.63) is 30.1 Å². The summed E-state index contributed by atoms with van der Waals surface area (Å²) in [6.07, 6.45) is 4.26. The Bertz CT molecular complexity index is 233. The summed E-state index contributed by atoms with van der Waals surface area (Å²) >= 11 is 0. The van der Waals surface area contributed by atoms with Gasteiger partial charge in [0.1, 0.15) is 6.20 Å². The minimum atomic E-state index is 0.130. The molecule has 1 heterocycles. The lowest BCUT2D eigenvalue weighted by Crippen LogP contribution is -2.29. The van der Waals surface area contributed by atoms with E-state index in [1.165, 1.54) is 5.56 Å². The van der Waals surface area contributed by atoms with Gasteiger partial charge in [-0.05, 0) is 0 Å². The molecular formula is C9H13NO. The summed E-state index contributed by atoms with van der Waals surface area (Å²) in [6.45, 7) is 6.37. The SMILES string of the molecule is CC(C)(C)c1c[c-][n+](O)cc1. The lowest BCUT2D eigenvalue weighted by molar-refractivity contribution is -0.908. The molecule has 0 amide bonds. The summed E-state index contributed by atoms with van der Waals surface area (Å²) in [4.78, 5) is 0. The molecule has 0 spiro atoms. The molecule has 2 heteroatoms. The number of rotatable bonds is 0. The van der Waals surface area contributed by atoms with Crippen LogP contribution in [-0.4, -0.2) is 5.21 Å². The van der Waals surface area contributed by atoms with Crippen molar-refractivity contribution in [1.29, 1.82) is 0 Å². The molecule has 0 atom stereocenters. The Balaban J connectivity index is 2.99. The van der Waals surface area contributed by atoms with E-state index < -0.39 is 0 Å². The molecular weight excluding hydrogens is 138 g/mol. The summed E-state index contributed by atoms with van der Waals surface area (Å²) in [7, 11) is 0.